The third kappa shape index (κ3) is 5.76. The number of carbonyl (C=O) groups excluding carboxylic acids is 3. The second-order valence-corrected chi connectivity index (χ2v) is 7.24. The van der Waals surface area contributed by atoms with Gasteiger partial charge in [-0.25, -0.2) is 4.79 Å². The van der Waals surface area contributed by atoms with E-state index in [9.17, 15) is 14.4 Å². The van der Waals surface area contributed by atoms with Gasteiger partial charge in [-0.1, -0.05) is 30.3 Å². The third-order valence-electron chi connectivity index (χ3n) is 4.20. The van der Waals surface area contributed by atoms with Crippen molar-refractivity contribution in [3.63, 3.8) is 0 Å². The van der Waals surface area contributed by atoms with E-state index in [2.05, 4.69) is 10.6 Å². The van der Waals surface area contributed by atoms with Crippen LogP contribution in [0.25, 0.3) is 0 Å². The van der Waals surface area contributed by atoms with E-state index in [4.69, 9.17) is 4.74 Å². The van der Waals surface area contributed by atoms with Crippen LogP contribution in [0.2, 0.25) is 0 Å². The van der Waals surface area contributed by atoms with Crippen LogP contribution < -0.4 is 10.6 Å². The number of hydrogen-bond donors (Lipinski definition) is 2. The van der Waals surface area contributed by atoms with E-state index in [1.54, 1.807) is 24.3 Å². The molecule has 2 amide bonds. The Balaban J connectivity index is 1.46. The van der Waals surface area contributed by atoms with E-state index in [0.717, 1.165) is 11.1 Å². The van der Waals surface area contributed by atoms with Gasteiger partial charge in [0.2, 0.25) is 0 Å². The number of anilines is 1. The highest BCUT2D eigenvalue weighted by atomic mass is 32.1. The van der Waals surface area contributed by atoms with E-state index < -0.39 is 5.97 Å². The number of ether oxygens (including phenoxy) is 1. The number of aryl methyl sites for hydroxylation is 1. The van der Waals surface area contributed by atoms with Crippen molar-refractivity contribution in [1.82, 2.24) is 5.32 Å². The average molecular weight is 408 g/mol. The molecule has 0 unspecified atom stereocenters. The molecule has 0 radical (unpaired) electrons. The highest BCUT2D eigenvalue weighted by Crippen LogP contribution is 2.14. The van der Waals surface area contributed by atoms with Gasteiger partial charge >= 0.3 is 5.97 Å². The molecule has 148 valence electrons. The van der Waals surface area contributed by atoms with E-state index in [-0.39, 0.29) is 18.4 Å². The second kappa shape index (κ2) is 9.66. The van der Waals surface area contributed by atoms with E-state index in [0.29, 0.717) is 22.7 Å². The fourth-order valence-corrected chi connectivity index (χ4v) is 3.18. The molecule has 7 heteroatoms. The van der Waals surface area contributed by atoms with Gasteiger partial charge in [0.25, 0.3) is 11.8 Å². The van der Waals surface area contributed by atoms with Gasteiger partial charge in [0.05, 0.1) is 10.4 Å². The van der Waals surface area contributed by atoms with Crippen LogP contribution in [0.4, 0.5) is 5.69 Å². The summed E-state index contributed by atoms with van der Waals surface area (Å²) in [6, 6.07) is 17.6. The summed E-state index contributed by atoms with van der Waals surface area (Å²) in [6.45, 7) is 1.98. The molecule has 6 nitrogen and oxygen atoms in total. The van der Waals surface area contributed by atoms with Crippen LogP contribution in [0.1, 0.15) is 31.2 Å². The maximum Gasteiger partial charge on any atom is 0.338 e. The van der Waals surface area contributed by atoms with Crippen molar-refractivity contribution in [2.24, 2.45) is 0 Å². The first kappa shape index (κ1) is 20.3. The Bertz CT molecular complexity index is 998. The summed E-state index contributed by atoms with van der Waals surface area (Å²) in [4.78, 5) is 36.6. The molecule has 29 heavy (non-hydrogen) atoms. The van der Waals surface area contributed by atoms with Crippen molar-refractivity contribution >= 4 is 34.8 Å². The Hall–Kier alpha value is -3.45. The Morgan fingerprint density at radius 2 is 1.72 bits per heavy atom. The van der Waals surface area contributed by atoms with Crippen LogP contribution in [0.5, 0.6) is 0 Å². The van der Waals surface area contributed by atoms with E-state index in [1.165, 1.54) is 23.5 Å². The summed E-state index contributed by atoms with van der Waals surface area (Å²) in [5.41, 5.74) is 2.95. The van der Waals surface area contributed by atoms with E-state index in [1.807, 2.05) is 36.6 Å². The molecule has 2 N–H and O–H groups in total. The number of hydrogen-bond acceptors (Lipinski definition) is 5. The maximum atomic E-state index is 12.1. The molecule has 0 saturated heterocycles. The lowest BCUT2D eigenvalue weighted by Gasteiger charge is -2.09. The predicted octanol–water partition coefficient (Wildman–Crippen LogP) is 3.78. The van der Waals surface area contributed by atoms with E-state index >= 15 is 0 Å². The molecule has 0 aliphatic carbocycles. The molecule has 3 aromatic rings. The van der Waals surface area contributed by atoms with Crippen LogP contribution in [0, 0.1) is 6.92 Å². The fourth-order valence-electron chi connectivity index (χ4n) is 2.56. The highest BCUT2D eigenvalue weighted by molar-refractivity contribution is 7.12. The smallest absolute Gasteiger partial charge is 0.338 e. The van der Waals surface area contributed by atoms with Gasteiger partial charge in [-0.05, 0) is 53.8 Å². The minimum absolute atomic E-state index is 0.208. The topological polar surface area (TPSA) is 84.5 Å². The molecule has 0 spiro atoms. The van der Waals surface area contributed by atoms with Crippen molar-refractivity contribution in [2.75, 3.05) is 11.9 Å². The molecular weight excluding hydrogens is 388 g/mol. The predicted molar refractivity (Wildman–Crippen MR) is 112 cm³/mol. The zero-order valence-electron chi connectivity index (χ0n) is 15.8. The lowest BCUT2D eigenvalue weighted by molar-refractivity contribution is -0.124. The molecular formula is C22H20N2O4S. The molecule has 0 aliphatic rings. The Labute approximate surface area is 172 Å². The number of carbonyl (C=O) groups is 3. The number of esters is 1. The van der Waals surface area contributed by atoms with Gasteiger partial charge in [-0.2, -0.15) is 0 Å². The zero-order valence-corrected chi connectivity index (χ0v) is 16.6. The van der Waals surface area contributed by atoms with Crippen molar-refractivity contribution in [1.29, 1.82) is 0 Å². The normalized spacial score (nSPS) is 10.2. The van der Waals surface area contributed by atoms with Gasteiger partial charge in [-0.3, -0.25) is 9.59 Å². The summed E-state index contributed by atoms with van der Waals surface area (Å²) < 4.78 is 5.05. The average Bonchev–Trinajstić information content (AvgIpc) is 3.27. The minimum atomic E-state index is -0.604. The SMILES string of the molecule is Cc1ccccc1CNC(=O)COC(=O)c1ccc(NC(=O)c2cccs2)cc1. The lowest BCUT2D eigenvalue weighted by Crippen LogP contribution is -2.28. The number of benzene rings is 2. The molecule has 0 fully saturated rings. The second-order valence-electron chi connectivity index (χ2n) is 6.29. The number of amides is 2. The monoisotopic (exact) mass is 408 g/mol. The molecule has 0 bridgehead atoms. The Kier molecular flexibility index (Phi) is 6.76. The van der Waals surface area contributed by atoms with Gasteiger partial charge in [0, 0.05) is 12.2 Å². The summed E-state index contributed by atoms with van der Waals surface area (Å²) in [6.07, 6.45) is 0. The number of nitrogens with one attached hydrogen (secondary N) is 2. The highest BCUT2D eigenvalue weighted by Gasteiger charge is 2.12. The van der Waals surface area contributed by atoms with Gasteiger partial charge in [-0.15, -0.1) is 11.3 Å². The van der Waals surface area contributed by atoms with Gasteiger partial charge in [0.1, 0.15) is 0 Å². The zero-order chi connectivity index (χ0) is 20.6. The molecule has 0 atom stereocenters. The Morgan fingerprint density at radius 3 is 2.41 bits per heavy atom. The first-order valence-corrected chi connectivity index (χ1v) is 9.84. The number of thiophene rings is 1. The molecule has 0 aliphatic heterocycles. The van der Waals surface area contributed by atoms with Crippen LogP contribution in [-0.4, -0.2) is 24.4 Å². The minimum Gasteiger partial charge on any atom is -0.452 e. The quantitative estimate of drug-likeness (QED) is 0.583. The van der Waals surface area contributed by atoms with Crippen LogP contribution in [-0.2, 0) is 16.1 Å². The molecule has 1 heterocycles. The summed E-state index contributed by atoms with van der Waals surface area (Å²) >= 11 is 1.35. The summed E-state index contributed by atoms with van der Waals surface area (Å²) in [5.74, 6) is -1.19. The van der Waals surface area contributed by atoms with Crippen LogP contribution in [0.15, 0.2) is 66.0 Å². The maximum absolute atomic E-state index is 12.1. The molecule has 3 rings (SSSR count). The molecule has 2 aromatic carbocycles. The molecule has 1 aromatic heterocycles. The summed E-state index contributed by atoms with van der Waals surface area (Å²) in [7, 11) is 0. The van der Waals surface area contributed by atoms with Crippen molar-refractivity contribution in [2.45, 2.75) is 13.5 Å². The van der Waals surface area contributed by atoms with Gasteiger partial charge < -0.3 is 15.4 Å². The van der Waals surface area contributed by atoms with Crippen molar-refractivity contribution < 1.29 is 19.1 Å². The third-order valence-corrected chi connectivity index (χ3v) is 5.06. The van der Waals surface area contributed by atoms with Crippen molar-refractivity contribution in [3.05, 3.63) is 87.6 Å². The number of rotatable bonds is 7. The first-order valence-electron chi connectivity index (χ1n) is 8.96. The largest absolute Gasteiger partial charge is 0.452 e. The standard InChI is InChI=1S/C22H20N2O4S/c1-15-5-2-3-6-17(15)13-23-20(25)14-28-22(27)16-8-10-18(11-9-16)24-21(26)19-7-4-12-29-19/h2-12H,13-14H2,1H3,(H,23,25)(H,24,26). The fraction of sp³-hybridized carbons (Fsp3) is 0.136. The van der Waals surface area contributed by atoms with Crippen LogP contribution in [0.3, 0.4) is 0 Å². The first-order chi connectivity index (χ1) is 14.0. The summed E-state index contributed by atoms with van der Waals surface area (Å²) in [5, 5.41) is 7.31. The van der Waals surface area contributed by atoms with Gasteiger partial charge in [0.15, 0.2) is 6.61 Å². The van der Waals surface area contributed by atoms with Crippen molar-refractivity contribution in [3.8, 4) is 0 Å². The lowest BCUT2D eigenvalue weighted by atomic mass is 10.1. The molecule has 0 saturated carbocycles. The van der Waals surface area contributed by atoms with Crippen LogP contribution >= 0.6 is 11.3 Å². The Morgan fingerprint density at radius 1 is 0.966 bits per heavy atom.